The maximum Gasteiger partial charge on any atom is 0.184 e. The van der Waals surface area contributed by atoms with E-state index in [1.807, 2.05) is 30.3 Å². The monoisotopic (exact) mass is 290 g/mol. The van der Waals surface area contributed by atoms with Crippen LogP contribution in [0.3, 0.4) is 0 Å². The molecule has 0 unspecified atom stereocenters. The number of benzene rings is 2. The smallest absolute Gasteiger partial charge is 0.184 e. The van der Waals surface area contributed by atoms with Crippen LogP contribution >= 0.6 is 0 Å². The van der Waals surface area contributed by atoms with Crippen LogP contribution in [0.1, 0.15) is 12.5 Å². The molecule has 0 saturated carbocycles. The summed E-state index contributed by atoms with van der Waals surface area (Å²) in [6, 6.07) is 17.6. The molecule has 3 nitrogen and oxygen atoms in total. The summed E-state index contributed by atoms with van der Waals surface area (Å²) in [5.74, 6) is 0. The second-order valence-electron chi connectivity index (χ2n) is 4.83. The van der Waals surface area contributed by atoms with Crippen LogP contribution < -0.4 is 0 Å². The van der Waals surface area contributed by atoms with Crippen LogP contribution in [0.15, 0.2) is 65.6 Å². The van der Waals surface area contributed by atoms with Gasteiger partial charge in [-0.3, -0.25) is 0 Å². The van der Waals surface area contributed by atoms with Crippen molar-refractivity contribution in [1.29, 1.82) is 0 Å². The third kappa shape index (κ3) is 3.26. The van der Waals surface area contributed by atoms with Gasteiger partial charge in [0.05, 0.1) is 16.2 Å². The first kappa shape index (κ1) is 14.8. The zero-order valence-electron chi connectivity index (χ0n) is 11.3. The minimum Gasteiger partial charge on any atom is -0.392 e. The van der Waals surface area contributed by atoms with Crippen molar-refractivity contribution in [1.82, 2.24) is 0 Å². The highest BCUT2D eigenvalue weighted by atomic mass is 32.2. The summed E-state index contributed by atoms with van der Waals surface area (Å²) in [5, 5.41) is 9.05. The van der Waals surface area contributed by atoms with E-state index < -0.39 is 21.2 Å². The lowest BCUT2D eigenvalue weighted by atomic mass is 10.1. The highest BCUT2D eigenvalue weighted by Crippen LogP contribution is 2.21. The summed E-state index contributed by atoms with van der Waals surface area (Å²) in [4.78, 5) is 0.252. The van der Waals surface area contributed by atoms with Crippen LogP contribution in [0.2, 0.25) is 0 Å². The summed E-state index contributed by atoms with van der Waals surface area (Å²) in [7, 11) is -3.55. The summed E-state index contributed by atoms with van der Waals surface area (Å²) in [6.07, 6.45) is -0.629. The van der Waals surface area contributed by atoms with Gasteiger partial charge in [-0.25, -0.2) is 8.42 Å². The fourth-order valence-corrected chi connectivity index (χ4v) is 3.99. The average Bonchev–Trinajstić information content (AvgIpc) is 2.46. The molecule has 0 aromatic heterocycles. The zero-order chi connectivity index (χ0) is 14.6. The van der Waals surface area contributed by atoms with Crippen LogP contribution in [-0.2, 0) is 16.3 Å². The van der Waals surface area contributed by atoms with Gasteiger partial charge < -0.3 is 5.11 Å². The van der Waals surface area contributed by atoms with Crippen molar-refractivity contribution in [3.05, 3.63) is 66.2 Å². The number of aliphatic hydroxyl groups is 1. The van der Waals surface area contributed by atoms with E-state index in [0.29, 0.717) is 6.42 Å². The van der Waals surface area contributed by atoms with Crippen molar-refractivity contribution in [3.8, 4) is 0 Å². The molecule has 2 rings (SSSR count). The average molecular weight is 290 g/mol. The Kier molecular flexibility index (Phi) is 4.57. The fourth-order valence-electron chi connectivity index (χ4n) is 2.17. The Balaban J connectivity index is 2.34. The molecule has 0 fully saturated rings. The molecule has 0 spiro atoms. The van der Waals surface area contributed by atoms with Crippen LogP contribution in [0.4, 0.5) is 0 Å². The molecule has 2 atom stereocenters. The number of sulfone groups is 1. The van der Waals surface area contributed by atoms with Gasteiger partial charge in [-0.2, -0.15) is 0 Å². The minimum atomic E-state index is -3.55. The van der Waals surface area contributed by atoms with Crippen molar-refractivity contribution in [2.24, 2.45) is 0 Å². The molecule has 0 radical (unpaired) electrons. The number of hydrogen-bond donors (Lipinski definition) is 1. The molecule has 0 aliphatic heterocycles. The van der Waals surface area contributed by atoms with E-state index in [0.717, 1.165) is 5.56 Å². The fraction of sp³-hybridized carbons (Fsp3) is 0.250. The Morgan fingerprint density at radius 1 is 0.950 bits per heavy atom. The Labute approximate surface area is 119 Å². The van der Waals surface area contributed by atoms with Crippen molar-refractivity contribution in [3.63, 3.8) is 0 Å². The van der Waals surface area contributed by atoms with Gasteiger partial charge in [-0.15, -0.1) is 0 Å². The van der Waals surface area contributed by atoms with Gasteiger partial charge in [0.2, 0.25) is 0 Å². The molecule has 0 saturated heterocycles. The summed E-state index contributed by atoms with van der Waals surface area (Å²) in [6.45, 7) is 1.52. The summed E-state index contributed by atoms with van der Waals surface area (Å²) in [5.41, 5.74) is 0.901. The van der Waals surface area contributed by atoms with E-state index in [9.17, 15) is 13.5 Å². The van der Waals surface area contributed by atoms with Crippen LogP contribution in [0.5, 0.6) is 0 Å². The van der Waals surface area contributed by atoms with Gasteiger partial charge in [-0.05, 0) is 31.0 Å². The summed E-state index contributed by atoms with van der Waals surface area (Å²) >= 11 is 0. The van der Waals surface area contributed by atoms with Crippen LogP contribution in [0, 0.1) is 0 Å². The molecule has 0 aliphatic carbocycles. The molecule has 0 amide bonds. The molecule has 20 heavy (non-hydrogen) atoms. The molecule has 0 bridgehead atoms. The van der Waals surface area contributed by atoms with E-state index >= 15 is 0 Å². The number of aliphatic hydroxyl groups excluding tert-OH is 1. The Hall–Kier alpha value is -1.65. The predicted molar refractivity (Wildman–Crippen MR) is 79.2 cm³/mol. The maximum absolute atomic E-state index is 12.6. The lowest BCUT2D eigenvalue weighted by Gasteiger charge is -2.20. The van der Waals surface area contributed by atoms with Gasteiger partial charge >= 0.3 is 0 Å². The summed E-state index contributed by atoms with van der Waals surface area (Å²) < 4.78 is 25.2. The van der Waals surface area contributed by atoms with Gasteiger partial charge in [0.15, 0.2) is 9.84 Å². The third-order valence-corrected chi connectivity index (χ3v) is 5.57. The number of rotatable bonds is 5. The Morgan fingerprint density at radius 3 is 1.95 bits per heavy atom. The highest BCUT2D eigenvalue weighted by Gasteiger charge is 2.31. The normalized spacial score (nSPS) is 14.7. The zero-order valence-corrected chi connectivity index (χ0v) is 12.1. The second kappa shape index (κ2) is 6.20. The topological polar surface area (TPSA) is 54.4 Å². The van der Waals surface area contributed by atoms with Crippen LogP contribution in [-0.4, -0.2) is 24.9 Å². The van der Waals surface area contributed by atoms with Gasteiger partial charge in [0.25, 0.3) is 0 Å². The standard InChI is InChI=1S/C16H18O3S/c1-13(17)16(12-14-8-4-2-5-9-14)20(18,19)15-10-6-3-7-11-15/h2-11,13,16-17H,12H2,1H3/t13-,16+/m1/s1. The maximum atomic E-state index is 12.6. The van der Waals surface area contributed by atoms with Crippen molar-refractivity contribution >= 4 is 9.84 Å². The molecule has 1 N–H and O–H groups in total. The van der Waals surface area contributed by atoms with Crippen molar-refractivity contribution in [2.75, 3.05) is 0 Å². The SMILES string of the molecule is C[C@@H](O)[C@H](Cc1ccccc1)S(=O)(=O)c1ccccc1. The molecular weight excluding hydrogens is 272 g/mol. The molecule has 4 heteroatoms. The minimum absolute atomic E-state index is 0.252. The van der Waals surface area contributed by atoms with E-state index in [-0.39, 0.29) is 4.90 Å². The van der Waals surface area contributed by atoms with Crippen molar-refractivity contribution in [2.45, 2.75) is 29.6 Å². The largest absolute Gasteiger partial charge is 0.392 e. The Bertz CT molecular complexity index is 634. The molecule has 0 heterocycles. The first-order valence-electron chi connectivity index (χ1n) is 6.53. The highest BCUT2D eigenvalue weighted by molar-refractivity contribution is 7.92. The lowest BCUT2D eigenvalue weighted by Crippen LogP contribution is -2.34. The van der Waals surface area contributed by atoms with E-state index in [1.54, 1.807) is 30.3 Å². The van der Waals surface area contributed by atoms with Gasteiger partial charge in [0, 0.05) is 0 Å². The molecule has 2 aromatic carbocycles. The third-order valence-electron chi connectivity index (χ3n) is 3.29. The molecule has 0 aliphatic rings. The van der Waals surface area contributed by atoms with E-state index in [4.69, 9.17) is 0 Å². The van der Waals surface area contributed by atoms with Gasteiger partial charge in [-0.1, -0.05) is 48.5 Å². The number of hydrogen-bond acceptors (Lipinski definition) is 3. The second-order valence-corrected chi connectivity index (χ2v) is 6.99. The quantitative estimate of drug-likeness (QED) is 0.920. The Morgan fingerprint density at radius 2 is 1.45 bits per heavy atom. The molecular formula is C16H18O3S. The van der Waals surface area contributed by atoms with Crippen molar-refractivity contribution < 1.29 is 13.5 Å². The predicted octanol–water partition coefficient (Wildman–Crippen LogP) is 2.45. The van der Waals surface area contributed by atoms with Gasteiger partial charge in [0.1, 0.15) is 0 Å². The van der Waals surface area contributed by atoms with E-state index in [1.165, 1.54) is 6.92 Å². The first-order chi connectivity index (χ1) is 9.51. The van der Waals surface area contributed by atoms with Crippen LogP contribution in [0.25, 0.3) is 0 Å². The molecule has 106 valence electrons. The van der Waals surface area contributed by atoms with E-state index in [2.05, 4.69) is 0 Å². The lowest BCUT2D eigenvalue weighted by molar-refractivity contribution is 0.187. The first-order valence-corrected chi connectivity index (χ1v) is 8.07. The molecule has 2 aromatic rings.